The Kier molecular flexibility index (Phi) is 4.25. The Hall–Kier alpha value is -2.31. The number of fused-ring (bicyclic) bond motifs is 1. The second kappa shape index (κ2) is 6.45. The van der Waals surface area contributed by atoms with Gasteiger partial charge in [-0.3, -0.25) is 0 Å². The molecule has 5 nitrogen and oxygen atoms in total. The fourth-order valence-electron chi connectivity index (χ4n) is 3.71. The number of piperazine rings is 1. The average molecular weight is 369 g/mol. The third-order valence-corrected chi connectivity index (χ3v) is 6.86. The minimum absolute atomic E-state index is 0.346. The summed E-state index contributed by atoms with van der Waals surface area (Å²) in [6, 6.07) is 15.3. The van der Waals surface area contributed by atoms with Gasteiger partial charge in [0.2, 0.25) is 0 Å². The number of aryl methyl sites for hydroxylation is 1. The number of benzene rings is 2. The highest BCUT2D eigenvalue weighted by Crippen LogP contribution is 2.31. The molecule has 1 aromatic heterocycles. The lowest BCUT2D eigenvalue weighted by Gasteiger charge is -2.34. The predicted octanol–water partition coefficient (Wildman–Crippen LogP) is 2.98. The first-order valence-electron chi connectivity index (χ1n) is 8.88. The lowest BCUT2D eigenvalue weighted by molar-refractivity contribution is 0.485. The van der Waals surface area contributed by atoms with Crippen LogP contribution < -0.4 is 10.2 Å². The Morgan fingerprint density at radius 3 is 2.65 bits per heavy atom. The highest BCUT2D eigenvalue weighted by Gasteiger charge is 2.23. The van der Waals surface area contributed by atoms with Crippen molar-refractivity contribution in [2.75, 3.05) is 24.5 Å². The van der Waals surface area contributed by atoms with Crippen LogP contribution in [-0.2, 0) is 10.0 Å². The van der Waals surface area contributed by atoms with E-state index in [9.17, 15) is 8.42 Å². The van der Waals surface area contributed by atoms with Crippen LogP contribution in [0.5, 0.6) is 0 Å². The van der Waals surface area contributed by atoms with Crippen LogP contribution in [0.1, 0.15) is 12.5 Å². The summed E-state index contributed by atoms with van der Waals surface area (Å²) in [6.45, 7) is 6.75. The van der Waals surface area contributed by atoms with Gasteiger partial charge in [-0.15, -0.1) is 0 Å². The van der Waals surface area contributed by atoms with Gasteiger partial charge in [-0.25, -0.2) is 12.4 Å². The fourth-order valence-corrected chi connectivity index (χ4v) is 5.29. The molecule has 136 valence electrons. The van der Waals surface area contributed by atoms with E-state index in [0.29, 0.717) is 10.9 Å². The number of nitrogens with zero attached hydrogens (tertiary/aromatic N) is 2. The molecule has 2 aromatic carbocycles. The Morgan fingerprint density at radius 1 is 1.08 bits per heavy atom. The van der Waals surface area contributed by atoms with Gasteiger partial charge in [-0.05, 0) is 43.7 Å². The average Bonchev–Trinajstić information content (AvgIpc) is 3.07. The summed E-state index contributed by atoms with van der Waals surface area (Å²) in [5.41, 5.74) is 2.56. The lowest BCUT2D eigenvalue weighted by Crippen LogP contribution is -2.49. The van der Waals surface area contributed by atoms with Crippen molar-refractivity contribution in [3.05, 3.63) is 60.3 Å². The Morgan fingerprint density at radius 2 is 1.88 bits per heavy atom. The second-order valence-corrected chi connectivity index (χ2v) is 8.68. The largest absolute Gasteiger partial charge is 0.368 e. The summed E-state index contributed by atoms with van der Waals surface area (Å²) in [6.07, 6.45) is 1.67. The van der Waals surface area contributed by atoms with E-state index in [0.717, 1.165) is 41.8 Å². The van der Waals surface area contributed by atoms with Crippen molar-refractivity contribution >= 4 is 26.6 Å². The predicted molar refractivity (Wildman–Crippen MR) is 105 cm³/mol. The third kappa shape index (κ3) is 2.79. The van der Waals surface area contributed by atoms with E-state index in [4.69, 9.17) is 0 Å². The molecular weight excluding hydrogens is 346 g/mol. The van der Waals surface area contributed by atoms with Crippen LogP contribution in [0.15, 0.2) is 59.6 Å². The van der Waals surface area contributed by atoms with Gasteiger partial charge in [0.25, 0.3) is 10.0 Å². The van der Waals surface area contributed by atoms with Crippen molar-refractivity contribution in [2.24, 2.45) is 0 Å². The smallest absolute Gasteiger partial charge is 0.268 e. The summed E-state index contributed by atoms with van der Waals surface area (Å²) in [4.78, 5) is 2.67. The molecule has 3 aromatic rings. The van der Waals surface area contributed by atoms with Crippen LogP contribution in [-0.4, -0.2) is 38.1 Å². The summed E-state index contributed by atoms with van der Waals surface area (Å²) in [7, 11) is -3.63. The van der Waals surface area contributed by atoms with Crippen molar-refractivity contribution in [3.8, 4) is 0 Å². The summed E-state index contributed by atoms with van der Waals surface area (Å²) >= 11 is 0. The minimum Gasteiger partial charge on any atom is -0.368 e. The van der Waals surface area contributed by atoms with E-state index >= 15 is 0 Å². The van der Waals surface area contributed by atoms with Crippen LogP contribution in [0, 0.1) is 6.92 Å². The van der Waals surface area contributed by atoms with Crippen LogP contribution in [0.25, 0.3) is 10.9 Å². The molecule has 0 saturated carbocycles. The molecule has 0 spiro atoms. The van der Waals surface area contributed by atoms with Crippen molar-refractivity contribution in [3.63, 3.8) is 0 Å². The molecule has 1 fully saturated rings. The Balaban J connectivity index is 1.84. The minimum atomic E-state index is -3.63. The molecule has 6 heteroatoms. The van der Waals surface area contributed by atoms with Crippen molar-refractivity contribution in [1.29, 1.82) is 0 Å². The van der Waals surface area contributed by atoms with Crippen LogP contribution in [0.4, 0.5) is 5.69 Å². The molecule has 26 heavy (non-hydrogen) atoms. The van der Waals surface area contributed by atoms with E-state index in [2.05, 4.69) is 23.2 Å². The van der Waals surface area contributed by atoms with Gasteiger partial charge < -0.3 is 10.2 Å². The zero-order valence-electron chi connectivity index (χ0n) is 15.0. The molecule has 1 aliphatic rings. The molecule has 0 radical (unpaired) electrons. The maximum absolute atomic E-state index is 13.2. The highest BCUT2D eigenvalue weighted by atomic mass is 32.2. The molecule has 0 aliphatic carbocycles. The molecule has 4 rings (SSSR count). The fraction of sp³-hybridized carbons (Fsp3) is 0.300. The summed E-state index contributed by atoms with van der Waals surface area (Å²) in [5, 5.41) is 4.42. The van der Waals surface area contributed by atoms with E-state index in [-0.39, 0.29) is 0 Å². The number of rotatable bonds is 3. The molecule has 1 atom stereocenters. The van der Waals surface area contributed by atoms with E-state index in [1.165, 1.54) is 3.97 Å². The van der Waals surface area contributed by atoms with Gasteiger partial charge in [0.05, 0.1) is 10.4 Å². The summed E-state index contributed by atoms with van der Waals surface area (Å²) < 4.78 is 27.8. The van der Waals surface area contributed by atoms with Crippen LogP contribution >= 0.6 is 0 Å². The molecule has 1 saturated heterocycles. The van der Waals surface area contributed by atoms with Gasteiger partial charge in [-0.2, -0.15) is 0 Å². The van der Waals surface area contributed by atoms with Gasteiger partial charge in [-0.1, -0.05) is 24.3 Å². The quantitative estimate of drug-likeness (QED) is 0.771. The second-order valence-electron chi connectivity index (χ2n) is 6.89. The SMILES string of the molecule is Cc1ccccc1S(=O)(=O)n1ccc2c(N3CCNC(C)C3)cccc21. The topological polar surface area (TPSA) is 54.3 Å². The van der Waals surface area contributed by atoms with Gasteiger partial charge in [0.15, 0.2) is 0 Å². The third-order valence-electron chi connectivity index (χ3n) is 5.01. The molecular formula is C20H23N3O2S. The van der Waals surface area contributed by atoms with Crippen molar-refractivity contribution in [2.45, 2.75) is 24.8 Å². The molecule has 0 amide bonds. The number of hydrogen-bond acceptors (Lipinski definition) is 4. The van der Waals surface area contributed by atoms with E-state index in [1.807, 2.05) is 37.3 Å². The molecule has 1 unspecified atom stereocenters. The Labute approximate surface area is 154 Å². The molecule has 1 aliphatic heterocycles. The maximum atomic E-state index is 13.2. The number of aromatic nitrogens is 1. The highest BCUT2D eigenvalue weighted by molar-refractivity contribution is 7.90. The molecule has 1 N–H and O–H groups in total. The standard InChI is InChI=1S/C20H23N3O2S/c1-15-6-3-4-9-20(15)26(24,25)23-12-10-17-18(7-5-8-19(17)23)22-13-11-21-16(2)14-22/h3-10,12,16,21H,11,13-14H2,1-2H3. The normalized spacial score (nSPS) is 18.4. The van der Waals surface area contributed by atoms with Crippen molar-refractivity contribution in [1.82, 2.24) is 9.29 Å². The van der Waals surface area contributed by atoms with Gasteiger partial charge in [0, 0.05) is 42.9 Å². The van der Waals surface area contributed by atoms with Crippen LogP contribution in [0.3, 0.4) is 0 Å². The van der Waals surface area contributed by atoms with Gasteiger partial charge >= 0.3 is 0 Å². The Bertz CT molecular complexity index is 1060. The maximum Gasteiger partial charge on any atom is 0.268 e. The van der Waals surface area contributed by atoms with Crippen LogP contribution in [0.2, 0.25) is 0 Å². The first-order valence-corrected chi connectivity index (χ1v) is 10.3. The first kappa shape index (κ1) is 17.1. The first-order chi connectivity index (χ1) is 12.5. The number of anilines is 1. The molecule has 0 bridgehead atoms. The van der Waals surface area contributed by atoms with E-state index < -0.39 is 10.0 Å². The zero-order chi connectivity index (χ0) is 18.3. The number of nitrogens with one attached hydrogen (secondary N) is 1. The monoisotopic (exact) mass is 369 g/mol. The zero-order valence-corrected chi connectivity index (χ0v) is 15.8. The number of hydrogen-bond donors (Lipinski definition) is 1. The lowest BCUT2D eigenvalue weighted by atomic mass is 10.1. The van der Waals surface area contributed by atoms with Gasteiger partial charge in [0.1, 0.15) is 0 Å². The molecule has 2 heterocycles. The summed E-state index contributed by atoms with van der Waals surface area (Å²) in [5.74, 6) is 0. The van der Waals surface area contributed by atoms with Crippen molar-refractivity contribution < 1.29 is 8.42 Å². The van der Waals surface area contributed by atoms with E-state index in [1.54, 1.807) is 18.3 Å².